The van der Waals surface area contributed by atoms with Gasteiger partial charge in [-0.3, -0.25) is 9.59 Å². The molecule has 1 aliphatic carbocycles. The second kappa shape index (κ2) is 5.71. The van der Waals surface area contributed by atoms with Gasteiger partial charge in [0, 0.05) is 37.4 Å². The smallest absolute Gasteiger partial charge is 0.282 e. The molecule has 3 fully saturated rings. The maximum absolute atomic E-state index is 12.4. The van der Waals surface area contributed by atoms with E-state index in [1.54, 1.807) is 4.90 Å². The number of rotatable bonds is 5. The number of carbonyl (C=O) groups excluding carboxylic acids is 2. The predicted octanol–water partition coefficient (Wildman–Crippen LogP) is 1.18. The number of hydrogen-bond donors (Lipinski definition) is 0. The third-order valence-corrected chi connectivity index (χ3v) is 4.85. The van der Waals surface area contributed by atoms with E-state index in [1.807, 2.05) is 4.90 Å². The van der Waals surface area contributed by atoms with Crippen molar-refractivity contribution >= 4 is 22.9 Å². The minimum atomic E-state index is 0.0493. The number of amides is 2. The van der Waals surface area contributed by atoms with E-state index in [2.05, 4.69) is 0 Å². The maximum Gasteiger partial charge on any atom is 0.282 e. The van der Waals surface area contributed by atoms with E-state index >= 15 is 0 Å². The highest BCUT2D eigenvalue weighted by Gasteiger charge is 2.36. The summed E-state index contributed by atoms with van der Waals surface area (Å²) in [6, 6.07) is 0.415. The average molecular weight is 284 g/mol. The van der Waals surface area contributed by atoms with Crippen molar-refractivity contribution in [2.75, 3.05) is 38.6 Å². The molecule has 0 spiro atoms. The summed E-state index contributed by atoms with van der Waals surface area (Å²) in [7, 11) is 0. The molecule has 3 rings (SSSR count). The lowest BCUT2D eigenvalue weighted by Crippen LogP contribution is -2.43. The Morgan fingerprint density at radius 3 is 2.84 bits per heavy atom. The Bertz CT molecular complexity index is 367. The van der Waals surface area contributed by atoms with Gasteiger partial charge < -0.3 is 14.5 Å². The fourth-order valence-corrected chi connectivity index (χ4v) is 3.49. The predicted molar refractivity (Wildman–Crippen MR) is 73.1 cm³/mol. The van der Waals surface area contributed by atoms with Crippen LogP contribution in [0.1, 0.15) is 19.3 Å². The van der Waals surface area contributed by atoms with E-state index in [4.69, 9.17) is 4.74 Å². The largest absolute Gasteiger partial charge is 0.381 e. The summed E-state index contributed by atoms with van der Waals surface area (Å²) in [5, 5.41) is 0.0493. The second-order valence-electron chi connectivity index (χ2n) is 5.54. The van der Waals surface area contributed by atoms with Crippen LogP contribution in [-0.4, -0.2) is 65.6 Å². The van der Waals surface area contributed by atoms with Gasteiger partial charge in [-0.15, -0.1) is 0 Å². The van der Waals surface area contributed by atoms with E-state index in [9.17, 15) is 9.59 Å². The molecule has 2 heterocycles. The first-order chi connectivity index (χ1) is 9.24. The third-order valence-electron chi connectivity index (χ3n) is 3.96. The van der Waals surface area contributed by atoms with Crippen LogP contribution < -0.4 is 0 Å². The van der Waals surface area contributed by atoms with Gasteiger partial charge in [0.05, 0.1) is 6.61 Å². The molecule has 106 valence electrons. The molecule has 0 aromatic carbocycles. The molecule has 6 heteroatoms. The molecule has 1 atom stereocenters. The number of carbonyl (C=O) groups is 2. The normalized spacial score (nSPS) is 27.1. The molecule has 0 radical (unpaired) electrons. The van der Waals surface area contributed by atoms with Crippen molar-refractivity contribution < 1.29 is 14.3 Å². The summed E-state index contributed by atoms with van der Waals surface area (Å²) in [6.07, 6.45) is 3.28. The summed E-state index contributed by atoms with van der Waals surface area (Å²) in [6.45, 7) is 3.36. The molecule has 0 aromatic heterocycles. The molecule has 5 nitrogen and oxygen atoms in total. The highest BCUT2D eigenvalue weighted by atomic mass is 32.2. The topological polar surface area (TPSA) is 49.9 Å². The monoisotopic (exact) mass is 284 g/mol. The van der Waals surface area contributed by atoms with Crippen LogP contribution in [0.5, 0.6) is 0 Å². The SMILES string of the molecule is O=C1SCCN1CC(=O)N(C[C@@H]1CCOC1)C1CC1. The van der Waals surface area contributed by atoms with Gasteiger partial charge in [0.25, 0.3) is 5.24 Å². The first-order valence-electron chi connectivity index (χ1n) is 7.03. The van der Waals surface area contributed by atoms with E-state index in [-0.39, 0.29) is 17.7 Å². The molecule has 2 amide bonds. The lowest BCUT2D eigenvalue weighted by atomic mass is 10.1. The lowest BCUT2D eigenvalue weighted by molar-refractivity contribution is -0.132. The molecule has 2 saturated heterocycles. The number of hydrogen-bond acceptors (Lipinski definition) is 4. The molecule has 0 N–H and O–H groups in total. The van der Waals surface area contributed by atoms with Crippen molar-refractivity contribution in [2.45, 2.75) is 25.3 Å². The van der Waals surface area contributed by atoms with Crippen molar-refractivity contribution in [2.24, 2.45) is 5.92 Å². The number of thioether (sulfide) groups is 1. The lowest BCUT2D eigenvalue weighted by Gasteiger charge is -2.27. The molecule has 19 heavy (non-hydrogen) atoms. The van der Waals surface area contributed by atoms with E-state index < -0.39 is 0 Å². The number of nitrogens with zero attached hydrogens (tertiary/aromatic N) is 2. The molecule has 2 aliphatic heterocycles. The van der Waals surface area contributed by atoms with Gasteiger partial charge in [0.1, 0.15) is 6.54 Å². The quantitative estimate of drug-likeness (QED) is 0.761. The second-order valence-corrected chi connectivity index (χ2v) is 6.59. The van der Waals surface area contributed by atoms with Gasteiger partial charge in [0.2, 0.25) is 5.91 Å². The van der Waals surface area contributed by atoms with Crippen molar-refractivity contribution in [3.05, 3.63) is 0 Å². The van der Waals surface area contributed by atoms with Crippen LogP contribution in [0.2, 0.25) is 0 Å². The molecular formula is C13H20N2O3S. The van der Waals surface area contributed by atoms with Gasteiger partial charge in [0.15, 0.2) is 0 Å². The van der Waals surface area contributed by atoms with Gasteiger partial charge in [-0.05, 0) is 19.3 Å². The zero-order valence-corrected chi connectivity index (χ0v) is 11.9. The van der Waals surface area contributed by atoms with Crippen molar-refractivity contribution in [1.29, 1.82) is 0 Å². The minimum absolute atomic E-state index is 0.0493. The van der Waals surface area contributed by atoms with Gasteiger partial charge in [-0.2, -0.15) is 0 Å². The molecule has 0 bridgehead atoms. The van der Waals surface area contributed by atoms with Crippen LogP contribution in [0.3, 0.4) is 0 Å². The fraction of sp³-hybridized carbons (Fsp3) is 0.846. The maximum atomic E-state index is 12.4. The molecule has 3 aliphatic rings. The molecule has 1 saturated carbocycles. The summed E-state index contributed by atoms with van der Waals surface area (Å²) < 4.78 is 5.38. The Labute approximate surface area is 117 Å². The standard InChI is InChI=1S/C13H20N2O3S/c16-12(8-14-4-6-19-13(14)17)15(11-1-2-11)7-10-3-5-18-9-10/h10-11H,1-9H2/t10-/m0/s1. The van der Waals surface area contributed by atoms with Crippen LogP contribution in [0.25, 0.3) is 0 Å². The molecule has 0 unspecified atom stereocenters. The zero-order chi connectivity index (χ0) is 13.2. The Morgan fingerprint density at radius 1 is 1.42 bits per heavy atom. The fourth-order valence-electron chi connectivity index (χ4n) is 2.67. The first-order valence-corrected chi connectivity index (χ1v) is 8.01. The van der Waals surface area contributed by atoms with Crippen LogP contribution in [0.15, 0.2) is 0 Å². The third kappa shape index (κ3) is 3.23. The number of ether oxygens (including phenoxy) is 1. The molecular weight excluding hydrogens is 264 g/mol. The van der Waals surface area contributed by atoms with Crippen molar-refractivity contribution in [3.63, 3.8) is 0 Å². The van der Waals surface area contributed by atoms with E-state index in [0.717, 1.165) is 44.8 Å². The van der Waals surface area contributed by atoms with E-state index in [1.165, 1.54) is 11.8 Å². The van der Waals surface area contributed by atoms with E-state index in [0.29, 0.717) is 18.5 Å². The molecule has 0 aromatic rings. The Balaban J connectivity index is 1.56. The van der Waals surface area contributed by atoms with Crippen molar-refractivity contribution in [1.82, 2.24) is 9.80 Å². The summed E-state index contributed by atoms with van der Waals surface area (Å²) in [4.78, 5) is 27.6. The van der Waals surface area contributed by atoms with Gasteiger partial charge >= 0.3 is 0 Å². The Morgan fingerprint density at radius 2 is 2.26 bits per heavy atom. The highest BCUT2D eigenvalue weighted by Crippen LogP contribution is 2.29. The van der Waals surface area contributed by atoms with Crippen LogP contribution >= 0.6 is 11.8 Å². The minimum Gasteiger partial charge on any atom is -0.381 e. The average Bonchev–Trinajstić information content (AvgIpc) is 2.95. The van der Waals surface area contributed by atoms with Gasteiger partial charge in [-0.25, -0.2) is 0 Å². The zero-order valence-electron chi connectivity index (χ0n) is 11.0. The van der Waals surface area contributed by atoms with Gasteiger partial charge in [-0.1, -0.05) is 11.8 Å². The van der Waals surface area contributed by atoms with Crippen LogP contribution in [0, 0.1) is 5.92 Å². The first kappa shape index (κ1) is 13.2. The Hall–Kier alpha value is -0.750. The summed E-state index contributed by atoms with van der Waals surface area (Å²) in [5.74, 6) is 1.41. The summed E-state index contributed by atoms with van der Waals surface area (Å²) in [5.41, 5.74) is 0. The van der Waals surface area contributed by atoms with Crippen LogP contribution in [0.4, 0.5) is 4.79 Å². The van der Waals surface area contributed by atoms with Crippen LogP contribution in [-0.2, 0) is 9.53 Å². The summed E-state index contributed by atoms with van der Waals surface area (Å²) >= 11 is 1.31. The Kier molecular flexibility index (Phi) is 3.98. The van der Waals surface area contributed by atoms with Crippen molar-refractivity contribution in [3.8, 4) is 0 Å². The highest BCUT2D eigenvalue weighted by molar-refractivity contribution is 8.13.